The molecule has 0 aromatic rings. The molecule has 1 fully saturated rings. The van der Waals surface area contributed by atoms with Crippen LogP contribution in [0.15, 0.2) is 0 Å². The van der Waals surface area contributed by atoms with Gasteiger partial charge in [-0.2, -0.15) is 0 Å². The Hall–Kier alpha value is -0.570. The summed E-state index contributed by atoms with van der Waals surface area (Å²) in [7, 11) is 0. The molecule has 0 aromatic heterocycles. The summed E-state index contributed by atoms with van der Waals surface area (Å²) in [6.07, 6.45) is 6.11. The Morgan fingerprint density at radius 3 is 2.67 bits per heavy atom. The van der Waals surface area contributed by atoms with E-state index in [0.29, 0.717) is 0 Å². The van der Waals surface area contributed by atoms with Crippen molar-refractivity contribution in [2.75, 3.05) is 0 Å². The van der Waals surface area contributed by atoms with E-state index in [1.54, 1.807) is 0 Å². The molecule has 3 nitrogen and oxygen atoms in total. The first-order valence-electron chi connectivity index (χ1n) is 6.05. The van der Waals surface area contributed by atoms with Gasteiger partial charge in [-0.1, -0.05) is 26.2 Å². The van der Waals surface area contributed by atoms with Crippen molar-refractivity contribution in [1.29, 1.82) is 0 Å². The maximum atomic E-state index is 10.7. The molecule has 2 N–H and O–H groups in total. The molecular formula is C12H22O3. The maximum absolute atomic E-state index is 10.7. The predicted molar refractivity (Wildman–Crippen MR) is 58.6 cm³/mol. The van der Waals surface area contributed by atoms with Crippen LogP contribution in [0.4, 0.5) is 0 Å². The van der Waals surface area contributed by atoms with Crippen LogP contribution in [0, 0.1) is 11.8 Å². The molecule has 15 heavy (non-hydrogen) atoms. The number of rotatable bonds is 6. The monoisotopic (exact) mass is 214 g/mol. The highest BCUT2D eigenvalue weighted by molar-refractivity contribution is 5.67. The van der Waals surface area contributed by atoms with Gasteiger partial charge < -0.3 is 10.2 Å². The third-order valence-corrected chi connectivity index (χ3v) is 3.51. The Labute approximate surface area is 91.5 Å². The van der Waals surface area contributed by atoms with E-state index in [1.165, 1.54) is 12.8 Å². The van der Waals surface area contributed by atoms with Gasteiger partial charge in [0.25, 0.3) is 0 Å². The predicted octanol–water partition coefficient (Wildman–Crippen LogP) is 2.43. The summed E-state index contributed by atoms with van der Waals surface area (Å²) in [6.45, 7) is 2.15. The van der Waals surface area contributed by atoms with Crippen molar-refractivity contribution in [2.45, 2.75) is 58.0 Å². The van der Waals surface area contributed by atoms with Crippen molar-refractivity contribution >= 4 is 5.97 Å². The van der Waals surface area contributed by atoms with E-state index in [0.717, 1.165) is 25.7 Å². The number of hydrogen-bond acceptors (Lipinski definition) is 2. The average molecular weight is 214 g/mol. The molecule has 0 spiro atoms. The van der Waals surface area contributed by atoms with E-state index in [-0.39, 0.29) is 24.4 Å². The third kappa shape index (κ3) is 3.82. The molecule has 1 rings (SSSR count). The van der Waals surface area contributed by atoms with Crippen molar-refractivity contribution < 1.29 is 15.0 Å². The van der Waals surface area contributed by atoms with E-state index in [9.17, 15) is 9.90 Å². The summed E-state index contributed by atoms with van der Waals surface area (Å²) in [5.74, 6) is -0.295. The van der Waals surface area contributed by atoms with Crippen molar-refractivity contribution in [3.8, 4) is 0 Å². The third-order valence-electron chi connectivity index (χ3n) is 3.51. The number of unbranched alkanes of at least 4 members (excludes halogenated alkanes) is 2. The van der Waals surface area contributed by atoms with Crippen LogP contribution in [0.25, 0.3) is 0 Å². The zero-order valence-electron chi connectivity index (χ0n) is 9.48. The van der Waals surface area contributed by atoms with Gasteiger partial charge in [0.15, 0.2) is 0 Å². The second-order valence-electron chi connectivity index (χ2n) is 4.66. The summed E-state index contributed by atoms with van der Waals surface area (Å²) >= 11 is 0. The minimum atomic E-state index is -0.727. The van der Waals surface area contributed by atoms with E-state index in [2.05, 4.69) is 6.92 Å². The van der Waals surface area contributed by atoms with Gasteiger partial charge in [-0.05, 0) is 31.1 Å². The van der Waals surface area contributed by atoms with Crippen molar-refractivity contribution in [1.82, 2.24) is 0 Å². The molecule has 1 aliphatic carbocycles. The van der Waals surface area contributed by atoms with Gasteiger partial charge in [-0.25, -0.2) is 0 Å². The van der Waals surface area contributed by atoms with E-state index in [1.807, 2.05) is 0 Å². The summed E-state index contributed by atoms with van der Waals surface area (Å²) in [5, 5.41) is 18.5. The Morgan fingerprint density at radius 2 is 2.07 bits per heavy atom. The molecule has 0 amide bonds. The molecule has 3 heteroatoms. The van der Waals surface area contributed by atoms with Gasteiger partial charge in [-0.15, -0.1) is 0 Å². The van der Waals surface area contributed by atoms with Crippen LogP contribution in [-0.4, -0.2) is 22.3 Å². The molecule has 1 saturated carbocycles. The highest BCUT2D eigenvalue weighted by Crippen LogP contribution is 2.37. The van der Waals surface area contributed by atoms with Gasteiger partial charge in [0, 0.05) is 6.42 Å². The fraction of sp³-hybridized carbons (Fsp3) is 0.917. The molecule has 3 atom stereocenters. The van der Waals surface area contributed by atoms with Crippen LogP contribution in [0.5, 0.6) is 0 Å². The van der Waals surface area contributed by atoms with Gasteiger partial charge in [-0.3, -0.25) is 4.79 Å². The van der Waals surface area contributed by atoms with E-state index in [4.69, 9.17) is 5.11 Å². The van der Waals surface area contributed by atoms with Crippen LogP contribution in [0.2, 0.25) is 0 Å². The lowest BCUT2D eigenvalue weighted by molar-refractivity contribution is -0.138. The van der Waals surface area contributed by atoms with Gasteiger partial charge in [0.05, 0.1) is 6.10 Å². The molecule has 0 unspecified atom stereocenters. The average Bonchev–Trinajstić information content (AvgIpc) is 2.49. The quantitative estimate of drug-likeness (QED) is 0.668. The fourth-order valence-electron chi connectivity index (χ4n) is 2.66. The summed E-state index contributed by atoms with van der Waals surface area (Å²) < 4.78 is 0. The lowest BCUT2D eigenvalue weighted by Crippen LogP contribution is -2.21. The van der Waals surface area contributed by atoms with Gasteiger partial charge in [0.1, 0.15) is 0 Å². The minimum absolute atomic E-state index is 0.203. The van der Waals surface area contributed by atoms with Crippen LogP contribution in [0.1, 0.15) is 51.9 Å². The number of aliphatic hydroxyl groups is 1. The highest BCUT2D eigenvalue weighted by atomic mass is 16.4. The normalized spacial score (nSPS) is 30.7. The fourth-order valence-corrected chi connectivity index (χ4v) is 2.66. The van der Waals surface area contributed by atoms with Crippen LogP contribution in [-0.2, 0) is 4.79 Å². The Kier molecular flexibility index (Phi) is 5.09. The Bertz CT molecular complexity index is 203. The molecule has 0 radical (unpaired) electrons. The zero-order valence-corrected chi connectivity index (χ0v) is 9.48. The maximum Gasteiger partial charge on any atom is 0.303 e. The molecule has 0 heterocycles. The number of aliphatic carboxylic acids is 1. The van der Waals surface area contributed by atoms with Gasteiger partial charge in [0.2, 0.25) is 0 Å². The van der Waals surface area contributed by atoms with E-state index < -0.39 is 5.97 Å². The number of carboxylic acid groups (broad SMARTS) is 1. The number of aliphatic hydroxyl groups excluding tert-OH is 1. The smallest absolute Gasteiger partial charge is 0.303 e. The van der Waals surface area contributed by atoms with E-state index >= 15 is 0 Å². The highest BCUT2D eigenvalue weighted by Gasteiger charge is 2.35. The molecule has 1 aliphatic rings. The summed E-state index contributed by atoms with van der Waals surface area (Å²) in [5.41, 5.74) is 0. The second kappa shape index (κ2) is 6.11. The molecule has 0 bridgehead atoms. The lowest BCUT2D eigenvalue weighted by Gasteiger charge is -2.20. The molecule has 0 aliphatic heterocycles. The van der Waals surface area contributed by atoms with Crippen molar-refractivity contribution in [3.05, 3.63) is 0 Å². The number of carboxylic acids is 1. The van der Waals surface area contributed by atoms with Crippen LogP contribution >= 0.6 is 0 Å². The lowest BCUT2D eigenvalue weighted by atomic mass is 9.87. The zero-order chi connectivity index (χ0) is 11.3. The minimum Gasteiger partial charge on any atom is -0.481 e. The summed E-state index contributed by atoms with van der Waals surface area (Å²) in [4.78, 5) is 10.7. The van der Waals surface area contributed by atoms with Crippen LogP contribution in [0.3, 0.4) is 0 Å². The second-order valence-corrected chi connectivity index (χ2v) is 4.66. The largest absolute Gasteiger partial charge is 0.481 e. The first kappa shape index (κ1) is 12.5. The molecule has 0 saturated heterocycles. The van der Waals surface area contributed by atoms with Crippen molar-refractivity contribution in [3.63, 3.8) is 0 Å². The SMILES string of the molecule is CCCCC[C@H]1[C@@H](CC(=O)O)CC[C@@H]1O. The molecule has 88 valence electrons. The summed E-state index contributed by atoms with van der Waals surface area (Å²) in [6, 6.07) is 0. The number of carbonyl (C=O) groups is 1. The molecular weight excluding hydrogens is 192 g/mol. The standard InChI is InChI=1S/C12H22O3/c1-2-3-4-5-10-9(8-12(14)15)6-7-11(10)13/h9-11,13H,2-8H2,1H3,(H,14,15)/t9-,10+,11+/m1/s1. The van der Waals surface area contributed by atoms with Crippen LogP contribution < -0.4 is 0 Å². The Balaban J connectivity index is 2.38. The van der Waals surface area contributed by atoms with Crippen molar-refractivity contribution in [2.24, 2.45) is 11.8 Å². The first-order valence-corrected chi connectivity index (χ1v) is 6.05. The molecule has 0 aromatic carbocycles. The Morgan fingerprint density at radius 1 is 1.33 bits per heavy atom. The number of hydrogen-bond donors (Lipinski definition) is 2. The topological polar surface area (TPSA) is 57.5 Å². The first-order chi connectivity index (χ1) is 7.15. The van der Waals surface area contributed by atoms with Gasteiger partial charge >= 0.3 is 5.97 Å².